The van der Waals surface area contributed by atoms with Crippen molar-refractivity contribution in [2.75, 3.05) is 24.2 Å². The molecule has 2 aromatic rings. The third-order valence-corrected chi connectivity index (χ3v) is 7.32. The van der Waals surface area contributed by atoms with Gasteiger partial charge in [0.2, 0.25) is 21.8 Å². The van der Waals surface area contributed by atoms with Crippen molar-refractivity contribution >= 4 is 39.1 Å². The van der Waals surface area contributed by atoms with Crippen LogP contribution in [0.25, 0.3) is 0 Å². The van der Waals surface area contributed by atoms with Crippen LogP contribution in [0, 0.1) is 0 Å². The third kappa shape index (κ3) is 8.26. The molecule has 0 saturated carbocycles. The van der Waals surface area contributed by atoms with E-state index in [-0.39, 0.29) is 17.6 Å². The van der Waals surface area contributed by atoms with Gasteiger partial charge in [0.25, 0.3) is 0 Å². The number of anilines is 1. The van der Waals surface area contributed by atoms with Crippen molar-refractivity contribution in [1.29, 1.82) is 0 Å². The second-order valence-corrected chi connectivity index (χ2v) is 11.1. The highest BCUT2D eigenvalue weighted by atomic mass is 35.5. The largest absolute Gasteiger partial charge is 0.497 e. The first-order chi connectivity index (χ1) is 17.6. The molecule has 13 heteroatoms. The molecule has 210 valence electrons. The summed E-state index contributed by atoms with van der Waals surface area (Å²) in [7, 11) is -2.80. The minimum absolute atomic E-state index is 0.0982. The maximum atomic E-state index is 13.6. The predicted octanol–water partition coefficient (Wildman–Crippen LogP) is 4.47. The lowest BCUT2D eigenvalue weighted by Gasteiger charge is -2.32. The van der Waals surface area contributed by atoms with Crippen LogP contribution in [-0.4, -0.2) is 57.1 Å². The van der Waals surface area contributed by atoms with Gasteiger partial charge >= 0.3 is 6.18 Å². The highest BCUT2D eigenvalue weighted by Crippen LogP contribution is 2.36. The van der Waals surface area contributed by atoms with E-state index in [1.807, 2.05) is 6.92 Å². The van der Waals surface area contributed by atoms with Crippen molar-refractivity contribution in [2.24, 2.45) is 0 Å². The van der Waals surface area contributed by atoms with Crippen LogP contribution in [-0.2, 0) is 32.3 Å². The van der Waals surface area contributed by atoms with Crippen LogP contribution in [0.4, 0.5) is 18.9 Å². The molecule has 2 rings (SSSR count). The maximum Gasteiger partial charge on any atom is 0.416 e. The Morgan fingerprint density at radius 3 is 2.34 bits per heavy atom. The van der Waals surface area contributed by atoms with Gasteiger partial charge in [-0.2, -0.15) is 13.2 Å². The maximum absolute atomic E-state index is 13.6. The topological polar surface area (TPSA) is 96.0 Å². The van der Waals surface area contributed by atoms with Gasteiger partial charge in [-0.15, -0.1) is 0 Å². The van der Waals surface area contributed by atoms with E-state index in [1.54, 1.807) is 31.2 Å². The third-order valence-electron chi connectivity index (χ3n) is 5.88. The van der Waals surface area contributed by atoms with Gasteiger partial charge in [-0.1, -0.05) is 30.7 Å². The van der Waals surface area contributed by atoms with Crippen LogP contribution in [0.15, 0.2) is 42.5 Å². The Morgan fingerprint density at radius 1 is 1.13 bits per heavy atom. The Kier molecular flexibility index (Phi) is 10.4. The van der Waals surface area contributed by atoms with Gasteiger partial charge in [0.15, 0.2) is 0 Å². The number of amides is 2. The van der Waals surface area contributed by atoms with Crippen LogP contribution in [0.5, 0.6) is 5.75 Å². The quantitative estimate of drug-likeness (QED) is 0.425. The Balaban J connectivity index is 2.51. The van der Waals surface area contributed by atoms with E-state index < -0.39 is 51.9 Å². The number of hydrogen-bond donors (Lipinski definition) is 1. The molecule has 0 aliphatic carbocycles. The van der Waals surface area contributed by atoms with E-state index >= 15 is 0 Å². The number of ether oxygens (including phenoxy) is 1. The molecule has 38 heavy (non-hydrogen) atoms. The number of halogens is 4. The SMILES string of the molecule is CC[C@@H](C)NC(=O)[C@H](C)N(Cc1cccc(OC)c1)C(=O)CN(c1cc(C(F)(F)F)ccc1Cl)S(C)(=O)=O. The lowest BCUT2D eigenvalue weighted by Crippen LogP contribution is -2.52. The van der Waals surface area contributed by atoms with Crippen molar-refractivity contribution in [3.05, 3.63) is 58.6 Å². The second-order valence-electron chi connectivity index (χ2n) is 8.80. The zero-order valence-corrected chi connectivity index (χ0v) is 23.2. The molecule has 0 saturated heterocycles. The zero-order valence-electron chi connectivity index (χ0n) is 21.7. The Bertz CT molecular complexity index is 1260. The summed E-state index contributed by atoms with van der Waals surface area (Å²) in [6, 6.07) is 7.70. The molecule has 8 nitrogen and oxygen atoms in total. The number of nitrogens with zero attached hydrogens (tertiary/aromatic N) is 2. The highest BCUT2D eigenvalue weighted by molar-refractivity contribution is 7.92. The minimum Gasteiger partial charge on any atom is -0.497 e. The molecule has 0 heterocycles. The first kappa shape index (κ1) is 31.2. The van der Waals surface area contributed by atoms with E-state index in [4.69, 9.17) is 16.3 Å². The van der Waals surface area contributed by atoms with Crippen LogP contribution in [0.1, 0.15) is 38.3 Å². The van der Waals surface area contributed by atoms with E-state index in [9.17, 15) is 31.2 Å². The molecule has 0 radical (unpaired) electrons. The van der Waals surface area contributed by atoms with Gasteiger partial charge in [-0.3, -0.25) is 13.9 Å². The average Bonchev–Trinajstić information content (AvgIpc) is 2.84. The van der Waals surface area contributed by atoms with Crippen LogP contribution < -0.4 is 14.4 Å². The lowest BCUT2D eigenvalue weighted by molar-refractivity contribution is -0.139. The van der Waals surface area contributed by atoms with E-state index in [2.05, 4.69) is 5.32 Å². The molecule has 2 amide bonds. The molecule has 1 N–H and O–H groups in total. The normalized spacial score (nSPS) is 13.4. The second kappa shape index (κ2) is 12.7. The number of benzene rings is 2. The summed E-state index contributed by atoms with van der Waals surface area (Å²) in [6.07, 6.45) is -3.38. The molecular formula is C25H31ClF3N3O5S. The molecule has 0 bridgehead atoms. The van der Waals surface area contributed by atoms with Gasteiger partial charge in [-0.05, 0) is 56.2 Å². The van der Waals surface area contributed by atoms with Gasteiger partial charge in [-0.25, -0.2) is 8.42 Å². The molecule has 0 aromatic heterocycles. The van der Waals surface area contributed by atoms with Crippen molar-refractivity contribution < 1.29 is 35.9 Å². The number of carbonyl (C=O) groups excluding carboxylic acids is 2. The fourth-order valence-electron chi connectivity index (χ4n) is 3.49. The van der Waals surface area contributed by atoms with Crippen molar-refractivity contribution in [3.8, 4) is 5.75 Å². The zero-order chi connectivity index (χ0) is 28.8. The number of hydrogen-bond acceptors (Lipinski definition) is 5. The fraction of sp³-hybridized carbons (Fsp3) is 0.440. The van der Waals surface area contributed by atoms with Gasteiger partial charge < -0.3 is 15.0 Å². The lowest BCUT2D eigenvalue weighted by atomic mass is 10.1. The summed E-state index contributed by atoms with van der Waals surface area (Å²) >= 11 is 6.08. The monoisotopic (exact) mass is 577 g/mol. The van der Waals surface area contributed by atoms with Crippen molar-refractivity contribution in [2.45, 2.75) is 52.0 Å². The highest BCUT2D eigenvalue weighted by Gasteiger charge is 2.34. The van der Waals surface area contributed by atoms with Gasteiger partial charge in [0, 0.05) is 12.6 Å². The van der Waals surface area contributed by atoms with Crippen LogP contribution >= 0.6 is 11.6 Å². The first-order valence-corrected chi connectivity index (χ1v) is 13.9. The van der Waals surface area contributed by atoms with Gasteiger partial charge in [0.05, 0.1) is 29.6 Å². The number of methoxy groups -OCH3 is 1. The van der Waals surface area contributed by atoms with Crippen molar-refractivity contribution in [3.63, 3.8) is 0 Å². The molecule has 0 aliphatic heterocycles. The summed E-state index contributed by atoms with van der Waals surface area (Å²) in [6.45, 7) is 4.17. The standard InChI is InChI=1S/C25H31ClF3N3O5S/c1-6-16(2)30-24(34)17(3)31(14-18-8-7-9-20(12-18)37-4)23(33)15-32(38(5,35)36)22-13-19(25(27,28)29)10-11-21(22)26/h7-13,16-17H,6,14-15H2,1-5H3,(H,30,34)/t16-,17+/m1/s1. The van der Waals surface area contributed by atoms with E-state index in [0.29, 0.717) is 34.2 Å². The van der Waals surface area contributed by atoms with Crippen molar-refractivity contribution in [1.82, 2.24) is 10.2 Å². The summed E-state index contributed by atoms with van der Waals surface area (Å²) < 4.78 is 71.0. The summed E-state index contributed by atoms with van der Waals surface area (Å²) in [4.78, 5) is 27.7. The van der Waals surface area contributed by atoms with E-state index in [1.165, 1.54) is 14.0 Å². The summed E-state index contributed by atoms with van der Waals surface area (Å²) in [5.41, 5.74) is -1.05. The van der Waals surface area contributed by atoms with Crippen LogP contribution in [0.2, 0.25) is 5.02 Å². The molecule has 2 atom stereocenters. The predicted molar refractivity (Wildman–Crippen MR) is 140 cm³/mol. The van der Waals surface area contributed by atoms with Crippen LogP contribution in [0.3, 0.4) is 0 Å². The Labute approximate surface area is 225 Å². The number of nitrogens with one attached hydrogen (secondary N) is 1. The molecular weight excluding hydrogens is 547 g/mol. The molecule has 0 unspecified atom stereocenters. The molecule has 0 fully saturated rings. The summed E-state index contributed by atoms with van der Waals surface area (Å²) in [5.74, 6) is -0.794. The molecule has 2 aromatic carbocycles. The average molecular weight is 578 g/mol. The van der Waals surface area contributed by atoms with E-state index in [0.717, 1.165) is 17.2 Å². The van der Waals surface area contributed by atoms with Gasteiger partial charge in [0.1, 0.15) is 18.3 Å². The molecule has 0 spiro atoms. The Hall–Kier alpha value is -2.99. The summed E-state index contributed by atoms with van der Waals surface area (Å²) in [5, 5.41) is 2.49. The number of carbonyl (C=O) groups is 2. The number of alkyl halides is 3. The first-order valence-electron chi connectivity index (χ1n) is 11.7. The number of rotatable bonds is 11. The Morgan fingerprint density at radius 2 is 1.79 bits per heavy atom. The number of sulfonamides is 1. The minimum atomic E-state index is -4.77. The molecule has 0 aliphatic rings. The smallest absolute Gasteiger partial charge is 0.416 e. The fourth-order valence-corrected chi connectivity index (χ4v) is 4.61.